The number of thiophene rings is 1. The summed E-state index contributed by atoms with van der Waals surface area (Å²) in [6, 6.07) is 2.73. The Labute approximate surface area is 117 Å². The minimum atomic E-state index is -1.19. The molecule has 0 bridgehead atoms. The lowest BCUT2D eigenvalue weighted by molar-refractivity contribution is -0.383. The molecule has 0 aromatic carbocycles. The quantitative estimate of drug-likeness (QED) is 0.661. The Morgan fingerprint density at radius 1 is 1.50 bits per heavy atom. The molecular weight excluding hydrogens is 284 g/mol. The lowest BCUT2D eigenvalue weighted by atomic mass is 10.4. The van der Waals surface area contributed by atoms with Gasteiger partial charge in [0.05, 0.1) is 11.5 Å². The van der Waals surface area contributed by atoms with Gasteiger partial charge in [-0.15, -0.1) is 11.3 Å². The molecule has 0 atom stereocenters. The monoisotopic (exact) mass is 294 g/mol. The number of hydrogen-bond donors (Lipinski definition) is 1. The van der Waals surface area contributed by atoms with Gasteiger partial charge in [0.15, 0.2) is 5.00 Å². The van der Waals surface area contributed by atoms with Crippen LogP contribution in [0.1, 0.15) is 15.5 Å². The first-order valence-electron chi connectivity index (χ1n) is 5.47. The van der Waals surface area contributed by atoms with E-state index in [1.807, 2.05) is 0 Å². The zero-order valence-corrected chi connectivity index (χ0v) is 11.2. The highest BCUT2D eigenvalue weighted by molar-refractivity contribution is 7.18. The Morgan fingerprint density at radius 2 is 2.15 bits per heavy atom. The van der Waals surface area contributed by atoms with Crippen molar-refractivity contribution in [2.24, 2.45) is 0 Å². The van der Waals surface area contributed by atoms with Crippen LogP contribution < -0.4 is 4.90 Å². The highest BCUT2D eigenvalue weighted by Gasteiger charge is 2.25. The second kappa shape index (κ2) is 5.61. The zero-order valence-electron chi connectivity index (χ0n) is 10.4. The predicted molar refractivity (Wildman–Crippen MR) is 72.1 cm³/mol. The van der Waals surface area contributed by atoms with Gasteiger partial charge in [-0.25, -0.2) is 14.8 Å². The summed E-state index contributed by atoms with van der Waals surface area (Å²) < 4.78 is 0. The maximum atomic E-state index is 11.0. The van der Waals surface area contributed by atoms with Gasteiger partial charge in [-0.3, -0.25) is 10.1 Å². The zero-order chi connectivity index (χ0) is 14.7. The van der Waals surface area contributed by atoms with E-state index in [1.54, 1.807) is 30.4 Å². The highest BCUT2D eigenvalue weighted by atomic mass is 32.1. The van der Waals surface area contributed by atoms with E-state index in [9.17, 15) is 14.9 Å². The van der Waals surface area contributed by atoms with Crippen LogP contribution in [0, 0.1) is 10.1 Å². The van der Waals surface area contributed by atoms with E-state index in [2.05, 4.69) is 9.97 Å². The third-order valence-electron chi connectivity index (χ3n) is 2.45. The molecule has 2 aromatic heterocycles. The molecular formula is C11H10N4O4S. The molecule has 8 nitrogen and oxygen atoms in total. The Hall–Kier alpha value is -2.55. The second-order valence-electron chi connectivity index (χ2n) is 3.88. The Kier molecular flexibility index (Phi) is 3.89. The number of carbonyl (C=O) groups is 1. The van der Waals surface area contributed by atoms with Crippen LogP contribution in [0.4, 0.5) is 10.7 Å². The van der Waals surface area contributed by atoms with Crippen LogP contribution in [0.15, 0.2) is 24.5 Å². The van der Waals surface area contributed by atoms with E-state index >= 15 is 0 Å². The molecule has 1 N–H and O–H groups in total. The summed E-state index contributed by atoms with van der Waals surface area (Å²) in [6.07, 6.45) is 3.14. The van der Waals surface area contributed by atoms with Crippen molar-refractivity contribution in [3.8, 4) is 0 Å². The number of aromatic carboxylic acids is 1. The summed E-state index contributed by atoms with van der Waals surface area (Å²) in [5.74, 6) is -0.691. The molecule has 0 radical (unpaired) electrons. The fourth-order valence-corrected chi connectivity index (χ4v) is 2.50. The predicted octanol–water partition coefficient (Wildman–Crippen LogP) is 1.78. The molecule has 2 heterocycles. The minimum Gasteiger partial charge on any atom is -0.477 e. The van der Waals surface area contributed by atoms with Gasteiger partial charge in [-0.05, 0) is 6.07 Å². The number of anilines is 1. The van der Waals surface area contributed by atoms with Gasteiger partial charge >= 0.3 is 11.7 Å². The van der Waals surface area contributed by atoms with Gasteiger partial charge in [0.25, 0.3) is 0 Å². The first kappa shape index (κ1) is 13.9. The average molecular weight is 294 g/mol. The Bertz CT molecular complexity index is 643. The van der Waals surface area contributed by atoms with Crippen LogP contribution >= 0.6 is 11.3 Å². The smallest absolute Gasteiger partial charge is 0.346 e. The van der Waals surface area contributed by atoms with Crippen molar-refractivity contribution < 1.29 is 14.8 Å². The molecule has 2 rings (SSSR count). The molecule has 2 aromatic rings. The number of nitro groups is 1. The number of rotatable bonds is 5. The number of carboxylic acid groups (broad SMARTS) is 1. The first-order chi connectivity index (χ1) is 9.49. The summed E-state index contributed by atoms with van der Waals surface area (Å²) >= 11 is 0.852. The molecule has 20 heavy (non-hydrogen) atoms. The third kappa shape index (κ3) is 2.88. The van der Waals surface area contributed by atoms with E-state index in [0.29, 0.717) is 5.82 Å². The average Bonchev–Trinajstić information content (AvgIpc) is 2.85. The van der Waals surface area contributed by atoms with Crippen molar-refractivity contribution in [3.63, 3.8) is 0 Å². The van der Waals surface area contributed by atoms with Gasteiger partial charge in [-0.2, -0.15) is 0 Å². The van der Waals surface area contributed by atoms with Crippen LogP contribution in [0.5, 0.6) is 0 Å². The summed E-state index contributed by atoms with van der Waals surface area (Å²) in [5, 5.41) is 20.2. The summed E-state index contributed by atoms with van der Waals surface area (Å²) in [6.45, 7) is 0.251. The Morgan fingerprint density at radius 3 is 2.70 bits per heavy atom. The molecule has 0 aliphatic carbocycles. The van der Waals surface area contributed by atoms with Crippen molar-refractivity contribution >= 4 is 28.0 Å². The molecule has 0 unspecified atom stereocenters. The van der Waals surface area contributed by atoms with Crippen molar-refractivity contribution in [1.29, 1.82) is 0 Å². The van der Waals surface area contributed by atoms with Gasteiger partial charge in [0.1, 0.15) is 10.7 Å². The third-order valence-corrected chi connectivity index (χ3v) is 3.67. The fraction of sp³-hybridized carbons (Fsp3) is 0.182. The van der Waals surface area contributed by atoms with Gasteiger partial charge in [-0.1, -0.05) is 0 Å². The maximum absolute atomic E-state index is 11.0. The molecule has 0 saturated heterocycles. The summed E-state index contributed by atoms with van der Waals surface area (Å²) in [7, 11) is 1.63. The van der Waals surface area contributed by atoms with Crippen LogP contribution in [-0.2, 0) is 6.54 Å². The summed E-state index contributed by atoms with van der Waals surface area (Å²) in [4.78, 5) is 30.8. The molecule has 0 saturated carbocycles. The van der Waals surface area contributed by atoms with Crippen molar-refractivity contribution in [2.75, 3.05) is 11.9 Å². The van der Waals surface area contributed by atoms with Crippen LogP contribution in [0.3, 0.4) is 0 Å². The number of carboxylic acids is 1. The minimum absolute atomic E-state index is 0.0764. The fourth-order valence-electron chi connectivity index (χ4n) is 1.58. The Balaban J connectivity index is 2.31. The topological polar surface area (TPSA) is 109 Å². The van der Waals surface area contributed by atoms with E-state index < -0.39 is 10.9 Å². The molecule has 0 spiro atoms. The molecule has 0 aliphatic rings. The number of aromatic nitrogens is 2. The van der Waals surface area contributed by atoms with E-state index in [1.165, 1.54) is 0 Å². The standard InChI is InChI=1S/C11H10N4O4S/c1-14(6-9-12-3-2-4-13-9)10-7(15(18)19)5-8(20-10)11(16)17/h2-5H,6H2,1H3,(H,16,17). The van der Waals surface area contributed by atoms with Crippen molar-refractivity contribution in [1.82, 2.24) is 9.97 Å². The molecule has 9 heteroatoms. The van der Waals surface area contributed by atoms with Gasteiger partial charge in [0.2, 0.25) is 0 Å². The first-order valence-corrected chi connectivity index (χ1v) is 6.29. The number of hydrogen-bond acceptors (Lipinski definition) is 7. The van der Waals surface area contributed by atoms with E-state index in [-0.39, 0.29) is 22.1 Å². The molecule has 0 aliphatic heterocycles. The lowest BCUT2D eigenvalue weighted by Gasteiger charge is -2.15. The summed E-state index contributed by atoms with van der Waals surface area (Å²) in [5.41, 5.74) is -0.231. The largest absolute Gasteiger partial charge is 0.477 e. The van der Waals surface area contributed by atoms with Gasteiger partial charge in [0, 0.05) is 25.5 Å². The SMILES string of the molecule is CN(Cc1ncccn1)c1sc(C(=O)O)cc1[N+](=O)[O-]. The van der Waals surface area contributed by atoms with E-state index in [4.69, 9.17) is 5.11 Å². The molecule has 0 fully saturated rings. The van der Waals surface area contributed by atoms with E-state index in [0.717, 1.165) is 17.4 Å². The van der Waals surface area contributed by atoms with Crippen LogP contribution in [0.25, 0.3) is 0 Å². The van der Waals surface area contributed by atoms with Crippen molar-refractivity contribution in [3.05, 3.63) is 45.3 Å². The number of nitrogens with zero attached hydrogens (tertiary/aromatic N) is 4. The molecule has 0 amide bonds. The lowest BCUT2D eigenvalue weighted by Crippen LogP contribution is -2.17. The maximum Gasteiger partial charge on any atom is 0.346 e. The normalized spacial score (nSPS) is 10.2. The highest BCUT2D eigenvalue weighted by Crippen LogP contribution is 2.37. The van der Waals surface area contributed by atoms with Crippen LogP contribution in [0.2, 0.25) is 0 Å². The van der Waals surface area contributed by atoms with Gasteiger partial charge < -0.3 is 10.0 Å². The van der Waals surface area contributed by atoms with Crippen LogP contribution in [-0.4, -0.2) is 33.0 Å². The second-order valence-corrected chi connectivity index (χ2v) is 4.92. The van der Waals surface area contributed by atoms with Crippen molar-refractivity contribution in [2.45, 2.75) is 6.54 Å². The molecule has 104 valence electrons.